The van der Waals surface area contributed by atoms with Gasteiger partial charge in [0.15, 0.2) is 0 Å². The molecule has 2 atom stereocenters. The summed E-state index contributed by atoms with van der Waals surface area (Å²) in [6.07, 6.45) is -0.309. The molecule has 1 aromatic heterocycles. The third-order valence-electron chi connectivity index (χ3n) is 8.96. The highest BCUT2D eigenvalue weighted by Gasteiger charge is 2.65. The second-order valence-electron chi connectivity index (χ2n) is 11.9. The van der Waals surface area contributed by atoms with Crippen molar-refractivity contribution in [2.75, 3.05) is 45.7 Å². The number of hydrogen-bond donors (Lipinski definition) is 3. The number of aromatic nitrogens is 2. The molecule has 244 valence electrons. The number of ether oxygens (including phenoxy) is 1. The number of benzene rings is 3. The van der Waals surface area contributed by atoms with Gasteiger partial charge in [-0.1, -0.05) is 30.3 Å². The van der Waals surface area contributed by atoms with Crippen LogP contribution in [-0.4, -0.2) is 89.4 Å². The van der Waals surface area contributed by atoms with Crippen LogP contribution in [0, 0.1) is 0 Å². The van der Waals surface area contributed by atoms with Crippen molar-refractivity contribution < 1.29 is 37.4 Å². The first-order valence-electron chi connectivity index (χ1n) is 14.9. The van der Waals surface area contributed by atoms with Gasteiger partial charge in [-0.15, -0.1) is 0 Å². The number of alkyl halides is 3. The predicted molar refractivity (Wildman–Crippen MR) is 169 cm³/mol. The minimum Gasteiger partial charge on any atom is -0.497 e. The van der Waals surface area contributed by atoms with Gasteiger partial charge in [0, 0.05) is 48.7 Å². The lowest BCUT2D eigenvalue weighted by Gasteiger charge is -2.32. The third kappa shape index (κ3) is 6.18. The van der Waals surface area contributed by atoms with Gasteiger partial charge in [0.05, 0.1) is 23.7 Å². The molecule has 3 heterocycles. The lowest BCUT2D eigenvalue weighted by Crippen LogP contribution is -2.47. The van der Waals surface area contributed by atoms with Crippen molar-refractivity contribution >= 4 is 46.5 Å². The topological polar surface area (TPSA) is 128 Å². The first-order valence-corrected chi connectivity index (χ1v) is 14.9. The Morgan fingerprint density at radius 1 is 1.02 bits per heavy atom. The lowest BCUT2D eigenvalue weighted by atomic mass is 9.91. The zero-order chi connectivity index (χ0) is 33.5. The summed E-state index contributed by atoms with van der Waals surface area (Å²) in [5.74, 6) is -1.73. The van der Waals surface area contributed by atoms with Crippen LogP contribution in [0.4, 0.5) is 18.9 Å². The molecule has 0 bridgehead atoms. The summed E-state index contributed by atoms with van der Waals surface area (Å²) in [6.45, 7) is 3.35. The van der Waals surface area contributed by atoms with Crippen LogP contribution in [0.3, 0.4) is 0 Å². The van der Waals surface area contributed by atoms with E-state index in [1.165, 1.54) is 0 Å². The molecule has 1 aliphatic carbocycles. The van der Waals surface area contributed by atoms with E-state index in [1.807, 2.05) is 59.5 Å². The molecule has 10 nitrogen and oxygen atoms in total. The van der Waals surface area contributed by atoms with E-state index in [0.717, 1.165) is 77.3 Å². The Morgan fingerprint density at radius 2 is 1.72 bits per heavy atom. The fourth-order valence-electron chi connectivity index (χ4n) is 6.20. The molecule has 2 aliphatic heterocycles. The molecule has 3 aliphatic rings. The number of rotatable bonds is 5. The number of carbonyl (C=O) groups excluding carboxylic acids is 2. The van der Waals surface area contributed by atoms with Crippen LogP contribution in [0.15, 0.2) is 60.7 Å². The Morgan fingerprint density at radius 3 is 2.38 bits per heavy atom. The number of aliphatic carboxylic acids is 1. The number of hydrogen-bond acceptors (Lipinski definition) is 6. The lowest BCUT2D eigenvalue weighted by molar-refractivity contribution is -0.192. The average Bonchev–Trinajstić information content (AvgIpc) is 3.60. The highest BCUT2D eigenvalue weighted by molar-refractivity contribution is 6.10. The Bertz CT molecular complexity index is 1880. The second-order valence-corrected chi connectivity index (χ2v) is 11.9. The third-order valence-corrected chi connectivity index (χ3v) is 8.96. The van der Waals surface area contributed by atoms with Crippen LogP contribution in [0.1, 0.15) is 45.1 Å². The minimum absolute atomic E-state index is 0.0605. The molecule has 47 heavy (non-hydrogen) atoms. The Balaban J connectivity index is 0.000000499. The van der Waals surface area contributed by atoms with E-state index >= 15 is 0 Å². The molecule has 0 radical (unpaired) electrons. The Kier molecular flexibility index (Phi) is 8.26. The van der Waals surface area contributed by atoms with Crippen LogP contribution in [0.25, 0.3) is 23.1 Å². The molecule has 2 fully saturated rings. The minimum atomic E-state index is -5.08. The quantitative estimate of drug-likeness (QED) is 0.274. The molecular weight excluding hydrogens is 615 g/mol. The maximum atomic E-state index is 13.0. The molecule has 2 amide bonds. The Hall–Kier alpha value is -5.17. The van der Waals surface area contributed by atoms with E-state index < -0.39 is 17.6 Å². The first kappa shape index (κ1) is 31.8. The van der Waals surface area contributed by atoms with E-state index in [9.17, 15) is 22.8 Å². The number of fused-ring (bicyclic) bond motifs is 3. The zero-order valence-electron chi connectivity index (χ0n) is 25.6. The van der Waals surface area contributed by atoms with Crippen molar-refractivity contribution in [1.29, 1.82) is 0 Å². The first-order chi connectivity index (χ1) is 22.4. The van der Waals surface area contributed by atoms with Crippen molar-refractivity contribution in [2.45, 2.75) is 23.9 Å². The molecule has 0 unspecified atom stereocenters. The summed E-state index contributed by atoms with van der Waals surface area (Å²) < 4.78 is 37.2. The number of amides is 2. The number of halogens is 3. The number of H-pyrrole nitrogens is 1. The Labute approximate surface area is 267 Å². The molecule has 4 aromatic rings. The van der Waals surface area contributed by atoms with E-state index in [1.54, 1.807) is 7.11 Å². The zero-order valence-corrected chi connectivity index (χ0v) is 25.6. The summed E-state index contributed by atoms with van der Waals surface area (Å²) in [4.78, 5) is 38.9. The molecule has 1 saturated heterocycles. The fraction of sp³-hybridized carbons (Fsp3) is 0.294. The van der Waals surface area contributed by atoms with E-state index in [2.05, 4.69) is 45.7 Å². The van der Waals surface area contributed by atoms with Crippen molar-refractivity contribution in [3.8, 4) is 5.75 Å². The number of likely N-dealkylation sites (N-methyl/N-ethyl adjacent to an activating group) is 1. The van der Waals surface area contributed by atoms with Gasteiger partial charge in [-0.2, -0.15) is 18.3 Å². The SMILES string of the molecule is COc1ccc2c(c1)[C@]1(C[C@H]1c1ccc3c(C=Cc4ccc(C(=O)N5CCN(C)CC5)cc4)n[nH]c3c1)C(=O)N2.O=C(O)C(F)(F)F. The molecular formula is C34H32F3N5O5. The van der Waals surface area contributed by atoms with Crippen LogP contribution in [0.2, 0.25) is 0 Å². The van der Waals surface area contributed by atoms with Crippen molar-refractivity contribution in [3.05, 3.63) is 88.6 Å². The van der Waals surface area contributed by atoms with Crippen LogP contribution < -0.4 is 10.1 Å². The van der Waals surface area contributed by atoms with E-state index in [4.69, 9.17) is 14.6 Å². The van der Waals surface area contributed by atoms with Gasteiger partial charge in [-0.25, -0.2) is 4.79 Å². The molecule has 7 rings (SSSR count). The molecule has 1 spiro atoms. The average molecular weight is 648 g/mol. The number of aromatic amines is 1. The molecule has 3 aromatic carbocycles. The number of anilines is 1. The van der Waals surface area contributed by atoms with Crippen LogP contribution in [-0.2, 0) is 15.0 Å². The van der Waals surface area contributed by atoms with Crippen molar-refractivity contribution in [3.63, 3.8) is 0 Å². The number of nitrogens with zero attached hydrogens (tertiary/aromatic N) is 3. The summed E-state index contributed by atoms with van der Waals surface area (Å²) in [5, 5.41) is 18.9. The number of carboxylic acid groups (broad SMARTS) is 1. The number of carboxylic acids is 1. The molecule has 3 N–H and O–H groups in total. The van der Waals surface area contributed by atoms with Gasteiger partial charge >= 0.3 is 12.1 Å². The second kappa shape index (κ2) is 12.2. The van der Waals surface area contributed by atoms with Crippen molar-refractivity contribution in [1.82, 2.24) is 20.0 Å². The van der Waals surface area contributed by atoms with Gasteiger partial charge in [0.25, 0.3) is 5.91 Å². The van der Waals surface area contributed by atoms with E-state index in [0.29, 0.717) is 5.56 Å². The van der Waals surface area contributed by atoms with E-state index in [-0.39, 0.29) is 17.7 Å². The predicted octanol–water partition coefficient (Wildman–Crippen LogP) is 5.14. The highest BCUT2D eigenvalue weighted by Crippen LogP contribution is 2.65. The number of nitrogens with one attached hydrogen (secondary N) is 2. The van der Waals surface area contributed by atoms with Gasteiger partial charge in [0.1, 0.15) is 5.75 Å². The van der Waals surface area contributed by atoms with Crippen molar-refractivity contribution in [2.24, 2.45) is 0 Å². The summed E-state index contributed by atoms with van der Waals surface area (Å²) in [5.41, 5.74) is 6.00. The maximum Gasteiger partial charge on any atom is 0.490 e. The van der Waals surface area contributed by atoms with Gasteiger partial charge in [-0.3, -0.25) is 14.7 Å². The largest absolute Gasteiger partial charge is 0.497 e. The monoisotopic (exact) mass is 647 g/mol. The van der Waals surface area contributed by atoms with Crippen LogP contribution >= 0.6 is 0 Å². The summed E-state index contributed by atoms with van der Waals surface area (Å²) >= 11 is 0. The van der Waals surface area contributed by atoms with Gasteiger partial charge in [0.2, 0.25) is 5.91 Å². The van der Waals surface area contributed by atoms with Gasteiger partial charge < -0.3 is 25.0 Å². The number of carbonyl (C=O) groups is 3. The van der Waals surface area contributed by atoms with Crippen LogP contribution in [0.5, 0.6) is 5.75 Å². The normalized spacial score (nSPS) is 20.6. The smallest absolute Gasteiger partial charge is 0.490 e. The fourth-order valence-corrected chi connectivity index (χ4v) is 6.20. The standard InChI is InChI=1S/C32H31N5O3.C2HF3O2/c1-36-13-15-37(16-14-36)30(38)21-6-3-20(4-7-21)5-11-27-24-10-8-22(17-29(24)35-34-27)26-19-32(26)25-18-23(40-2)9-12-28(25)33-31(32)39;3-2(4,5)1(6)7/h3-12,17-18,26H,13-16,19H2,1-2H3,(H,33,39)(H,34,35);(H,6,7)/t26-,32-;/m0./s1. The number of piperazine rings is 1. The molecule has 13 heteroatoms. The summed E-state index contributed by atoms with van der Waals surface area (Å²) in [6, 6.07) is 19.8. The molecule has 1 saturated carbocycles. The number of methoxy groups -OCH3 is 1. The summed E-state index contributed by atoms with van der Waals surface area (Å²) in [7, 11) is 3.73. The van der Waals surface area contributed by atoms with Gasteiger partial charge in [-0.05, 0) is 72.6 Å². The highest BCUT2D eigenvalue weighted by atomic mass is 19.4. The maximum absolute atomic E-state index is 13.0.